The first kappa shape index (κ1) is 41.8. The highest BCUT2D eigenvalue weighted by molar-refractivity contribution is 5.92. The number of hydrogen-bond acceptors (Lipinski definition) is 8. The van der Waals surface area contributed by atoms with Gasteiger partial charge in [-0.05, 0) is 92.2 Å². The molecule has 52 heavy (non-hydrogen) atoms. The average Bonchev–Trinajstić information content (AvgIpc) is 3.62. The predicted molar refractivity (Wildman–Crippen MR) is 210 cm³/mol. The van der Waals surface area contributed by atoms with Crippen molar-refractivity contribution in [3.8, 4) is 0 Å². The first-order chi connectivity index (χ1) is 24.8. The van der Waals surface area contributed by atoms with Gasteiger partial charge in [0, 0.05) is 51.2 Å². The highest BCUT2D eigenvalue weighted by Crippen LogP contribution is 2.28. The van der Waals surface area contributed by atoms with E-state index in [1.165, 1.54) is 12.2 Å². The molecule has 1 unspecified atom stereocenters. The maximum atomic E-state index is 11.1. The molecule has 0 saturated heterocycles. The minimum atomic E-state index is -0.560. The fourth-order valence-corrected chi connectivity index (χ4v) is 6.22. The highest BCUT2D eigenvalue weighted by Gasteiger charge is 2.19. The molecule has 4 aromatic rings. The van der Waals surface area contributed by atoms with Crippen LogP contribution in [-0.2, 0) is 35.5 Å². The van der Waals surface area contributed by atoms with Crippen molar-refractivity contribution in [2.75, 3.05) is 27.2 Å². The number of benzene rings is 2. The van der Waals surface area contributed by atoms with Crippen LogP contribution in [0.3, 0.4) is 0 Å². The highest BCUT2D eigenvalue weighted by atomic mass is 16.5. The Kier molecular flexibility index (Phi) is 16.4. The zero-order valence-electron chi connectivity index (χ0n) is 31.9. The number of rotatable bonds is 16. The van der Waals surface area contributed by atoms with Gasteiger partial charge in [-0.2, -0.15) is 0 Å². The van der Waals surface area contributed by atoms with E-state index in [0.717, 1.165) is 96.6 Å². The zero-order chi connectivity index (χ0) is 38.3. The number of likely N-dealkylation sites (N-methyl/N-ethyl adjacent to an activating group) is 1. The van der Waals surface area contributed by atoms with E-state index < -0.39 is 11.8 Å². The minimum absolute atomic E-state index is 0.287. The summed E-state index contributed by atoms with van der Waals surface area (Å²) in [6.45, 7) is 14.3. The molecule has 282 valence electrons. The molecule has 0 radical (unpaired) electrons. The van der Waals surface area contributed by atoms with Crippen LogP contribution >= 0.6 is 0 Å². The summed E-state index contributed by atoms with van der Waals surface area (Å²) < 4.78 is 4.48. The number of nitrogens with one attached hydrogen (secondary N) is 2. The van der Waals surface area contributed by atoms with E-state index in [9.17, 15) is 9.59 Å². The number of hydrogen-bond donors (Lipinski definition) is 5. The van der Waals surface area contributed by atoms with Crippen molar-refractivity contribution in [3.05, 3.63) is 83.5 Å². The van der Waals surface area contributed by atoms with E-state index in [0.29, 0.717) is 12.5 Å². The van der Waals surface area contributed by atoms with Crippen molar-refractivity contribution in [1.29, 1.82) is 0 Å². The maximum Gasteiger partial charge on any atom is 0.267 e. The second kappa shape index (κ2) is 20.4. The maximum absolute atomic E-state index is 11.1. The lowest BCUT2D eigenvalue weighted by atomic mass is 9.84. The number of carbonyl (C=O) groups is 2. The molecular formula is C40H58N8O4. The van der Waals surface area contributed by atoms with Crippen LogP contribution in [0.5, 0.6) is 0 Å². The standard InChI is InChI=1S/C20H30N4O2.C20H28N4O2/c1-14(13-20(2,3)4)11-18-22-16-12-15(6-8-19(25)23-26)5-7-17(16)24(18)10-9-21;1-4-5-6-7-8-19-21-17-15-16(10-12-20(25)22-26)9-11-18(17)24(19)14-13-23(2)3/h5-8,12,14,26H,9-11,13,21H2,1-4H3,(H,23,25);5-6,9-12,15,26H,4,7-8,13-14H2,1-3H3,(H,22,25). The van der Waals surface area contributed by atoms with Crippen molar-refractivity contribution in [2.45, 2.75) is 79.8 Å². The van der Waals surface area contributed by atoms with Gasteiger partial charge in [0.05, 0.1) is 22.1 Å². The number of amides is 2. The summed E-state index contributed by atoms with van der Waals surface area (Å²) in [4.78, 5) is 34.1. The van der Waals surface area contributed by atoms with Crippen LogP contribution in [0.25, 0.3) is 34.2 Å². The van der Waals surface area contributed by atoms with Crippen LogP contribution in [0.15, 0.2) is 60.7 Å². The lowest BCUT2D eigenvalue weighted by Gasteiger charge is -2.23. The Morgan fingerprint density at radius 3 is 1.90 bits per heavy atom. The molecule has 4 rings (SSSR count). The number of aryl methyl sites for hydroxylation is 1. The molecule has 0 aliphatic rings. The van der Waals surface area contributed by atoms with Crippen molar-refractivity contribution >= 4 is 46.0 Å². The fourth-order valence-electron chi connectivity index (χ4n) is 6.22. The van der Waals surface area contributed by atoms with Crippen molar-refractivity contribution in [3.63, 3.8) is 0 Å². The minimum Gasteiger partial charge on any atom is -0.329 e. The Labute approximate surface area is 308 Å². The first-order valence-corrected chi connectivity index (χ1v) is 18.0. The van der Waals surface area contributed by atoms with E-state index >= 15 is 0 Å². The zero-order valence-corrected chi connectivity index (χ0v) is 31.9. The summed E-state index contributed by atoms with van der Waals surface area (Å²) in [7, 11) is 4.13. The molecule has 0 fully saturated rings. The molecule has 0 aliphatic heterocycles. The van der Waals surface area contributed by atoms with E-state index in [2.05, 4.69) is 74.9 Å². The van der Waals surface area contributed by atoms with Crippen LogP contribution in [0.1, 0.15) is 76.7 Å². The Morgan fingerprint density at radius 2 is 1.42 bits per heavy atom. The molecule has 12 heteroatoms. The van der Waals surface area contributed by atoms with Crippen LogP contribution in [-0.4, -0.2) is 73.4 Å². The van der Waals surface area contributed by atoms with Crippen molar-refractivity contribution < 1.29 is 20.0 Å². The van der Waals surface area contributed by atoms with Gasteiger partial charge in [0.15, 0.2) is 0 Å². The second-order valence-electron chi connectivity index (χ2n) is 14.6. The van der Waals surface area contributed by atoms with Crippen molar-refractivity contribution in [1.82, 2.24) is 35.0 Å². The quantitative estimate of drug-likeness (QED) is 0.0400. The summed E-state index contributed by atoms with van der Waals surface area (Å²) in [6.07, 6.45) is 15.2. The molecule has 0 bridgehead atoms. The number of carbonyl (C=O) groups excluding carboxylic acids is 2. The van der Waals surface area contributed by atoms with Gasteiger partial charge < -0.3 is 19.8 Å². The number of imidazole rings is 2. The summed E-state index contributed by atoms with van der Waals surface area (Å²) in [5, 5.41) is 17.1. The predicted octanol–water partition coefficient (Wildman–Crippen LogP) is 6.14. The normalized spacial score (nSPS) is 12.8. The third-order valence-electron chi connectivity index (χ3n) is 8.33. The summed E-state index contributed by atoms with van der Waals surface area (Å²) in [5.74, 6) is 1.55. The van der Waals surface area contributed by atoms with E-state index in [4.69, 9.17) is 26.1 Å². The summed E-state index contributed by atoms with van der Waals surface area (Å²) in [6, 6.07) is 11.8. The van der Waals surface area contributed by atoms with Crippen LogP contribution in [0.4, 0.5) is 0 Å². The van der Waals surface area contributed by atoms with Gasteiger partial charge in [-0.25, -0.2) is 20.9 Å². The summed E-state index contributed by atoms with van der Waals surface area (Å²) in [5.41, 5.74) is 15.0. The Morgan fingerprint density at radius 1 is 0.885 bits per heavy atom. The van der Waals surface area contributed by atoms with E-state index in [1.54, 1.807) is 23.1 Å². The molecular weight excluding hydrogens is 656 g/mol. The molecule has 0 aliphatic carbocycles. The van der Waals surface area contributed by atoms with Gasteiger partial charge in [-0.3, -0.25) is 20.0 Å². The number of allylic oxidation sites excluding steroid dienone is 2. The lowest BCUT2D eigenvalue weighted by molar-refractivity contribution is -0.124. The van der Waals surface area contributed by atoms with E-state index in [1.807, 2.05) is 36.4 Å². The Bertz CT molecular complexity index is 1850. The number of nitrogens with two attached hydrogens (primary N) is 1. The van der Waals surface area contributed by atoms with Gasteiger partial charge in [0.1, 0.15) is 11.6 Å². The molecule has 12 nitrogen and oxygen atoms in total. The molecule has 2 amide bonds. The molecule has 6 N–H and O–H groups in total. The lowest BCUT2D eigenvalue weighted by Crippen LogP contribution is -2.19. The molecule has 2 aromatic heterocycles. The number of aromatic nitrogens is 4. The molecule has 2 aromatic carbocycles. The number of hydroxylamine groups is 2. The van der Waals surface area contributed by atoms with Gasteiger partial charge >= 0.3 is 0 Å². The SMILES string of the molecule is CC(Cc1nc2cc(C=CC(=O)NO)ccc2n1CCN)CC(C)(C)C.CCC=CCCc1nc2cc(C=CC(=O)NO)ccc2n1CCN(C)C. The van der Waals surface area contributed by atoms with Crippen LogP contribution < -0.4 is 16.7 Å². The fraction of sp³-hybridized carbons (Fsp3) is 0.450. The monoisotopic (exact) mass is 714 g/mol. The molecule has 0 saturated carbocycles. The average molecular weight is 715 g/mol. The molecule has 2 heterocycles. The number of fused-ring (bicyclic) bond motifs is 2. The molecule has 1 atom stereocenters. The first-order valence-electron chi connectivity index (χ1n) is 18.0. The van der Waals surface area contributed by atoms with Crippen LogP contribution in [0.2, 0.25) is 0 Å². The topological polar surface area (TPSA) is 164 Å². The Balaban J connectivity index is 0.000000280. The number of nitrogens with zero attached hydrogens (tertiary/aromatic N) is 5. The largest absolute Gasteiger partial charge is 0.329 e. The van der Waals surface area contributed by atoms with Gasteiger partial charge in [-0.15, -0.1) is 0 Å². The smallest absolute Gasteiger partial charge is 0.267 e. The van der Waals surface area contributed by atoms with Gasteiger partial charge in [0.2, 0.25) is 0 Å². The van der Waals surface area contributed by atoms with Gasteiger partial charge in [0.25, 0.3) is 11.8 Å². The van der Waals surface area contributed by atoms with E-state index in [-0.39, 0.29) is 5.41 Å². The second-order valence-corrected chi connectivity index (χ2v) is 14.6. The van der Waals surface area contributed by atoms with Crippen LogP contribution in [0, 0.1) is 11.3 Å². The Hall–Kier alpha value is -4.62. The van der Waals surface area contributed by atoms with Gasteiger partial charge in [-0.1, -0.05) is 58.9 Å². The third kappa shape index (κ3) is 13.2. The molecule has 0 spiro atoms. The summed E-state index contributed by atoms with van der Waals surface area (Å²) >= 11 is 0. The third-order valence-corrected chi connectivity index (χ3v) is 8.33. The van der Waals surface area contributed by atoms with Crippen molar-refractivity contribution in [2.24, 2.45) is 17.1 Å².